The lowest BCUT2D eigenvalue weighted by molar-refractivity contribution is -0.142. The van der Waals surface area contributed by atoms with E-state index in [1.165, 1.54) is 0 Å². The minimum absolute atomic E-state index is 0.0667. The van der Waals surface area contributed by atoms with Crippen LogP contribution in [0.25, 0.3) is 0 Å². The van der Waals surface area contributed by atoms with Gasteiger partial charge in [0.05, 0.1) is 12.5 Å². The molecule has 1 aliphatic heterocycles. The zero-order chi connectivity index (χ0) is 18.0. The van der Waals surface area contributed by atoms with Gasteiger partial charge in [-0.25, -0.2) is 0 Å². The van der Waals surface area contributed by atoms with Crippen LogP contribution < -0.4 is 0 Å². The Hall–Kier alpha value is -2.33. The summed E-state index contributed by atoms with van der Waals surface area (Å²) in [5.74, 6) is -1.87. The minimum atomic E-state index is -0.951. The zero-order valence-electron chi connectivity index (χ0n) is 14.0. The molecule has 4 nitrogen and oxygen atoms in total. The van der Waals surface area contributed by atoms with Crippen molar-refractivity contribution in [1.82, 2.24) is 4.90 Å². The maximum atomic E-state index is 12.9. The number of carboxylic acids is 1. The highest BCUT2D eigenvalue weighted by molar-refractivity contribution is 6.31. The summed E-state index contributed by atoms with van der Waals surface area (Å²) in [5, 5.41) is 10.5. The first-order chi connectivity index (χ1) is 12.0. The van der Waals surface area contributed by atoms with E-state index in [1.807, 2.05) is 37.3 Å². The molecule has 0 radical (unpaired) electrons. The van der Waals surface area contributed by atoms with E-state index in [2.05, 4.69) is 0 Å². The number of fused-ring (bicyclic) bond motifs is 1. The van der Waals surface area contributed by atoms with Gasteiger partial charge in [0.2, 0.25) is 5.91 Å². The third-order valence-electron chi connectivity index (χ3n) is 4.66. The third kappa shape index (κ3) is 3.27. The Morgan fingerprint density at radius 1 is 1.16 bits per heavy atom. The van der Waals surface area contributed by atoms with Crippen LogP contribution in [-0.4, -0.2) is 28.4 Å². The summed E-state index contributed by atoms with van der Waals surface area (Å²) in [6.07, 6.45) is 0.955. The molecule has 1 amide bonds. The predicted molar refractivity (Wildman–Crippen MR) is 96.7 cm³/mol. The Kier molecular flexibility index (Phi) is 5.09. The summed E-state index contributed by atoms with van der Waals surface area (Å²) in [4.78, 5) is 26.8. The Morgan fingerprint density at radius 3 is 2.44 bits per heavy atom. The normalized spacial score (nSPS) is 20.1. The van der Waals surface area contributed by atoms with E-state index in [0.29, 0.717) is 22.7 Å². The summed E-state index contributed by atoms with van der Waals surface area (Å²) in [5.41, 5.74) is 2.14. The second kappa shape index (κ2) is 7.28. The smallest absolute Gasteiger partial charge is 0.313 e. The lowest BCUT2D eigenvalue weighted by atomic mass is 9.84. The molecule has 2 atom stereocenters. The molecule has 1 N–H and O–H groups in total. The fraction of sp³-hybridized carbons (Fsp3) is 0.300. The van der Waals surface area contributed by atoms with Crippen molar-refractivity contribution in [2.75, 3.05) is 6.54 Å². The van der Waals surface area contributed by atoms with Gasteiger partial charge in [-0.15, -0.1) is 0 Å². The second-order valence-corrected chi connectivity index (χ2v) is 6.65. The van der Waals surface area contributed by atoms with Crippen molar-refractivity contribution in [3.05, 3.63) is 70.2 Å². The zero-order valence-corrected chi connectivity index (χ0v) is 14.7. The van der Waals surface area contributed by atoms with Gasteiger partial charge in [-0.1, -0.05) is 61.0 Å². The van der Waals surface area contributed by atoms with Crippen LogP contribution in [0, 0.1) is 0 Å². The predicted octanol–water partition coefficient (Wildman–Crippen LogP) is 4.04. The van der Waals surface area contributed by atoms with Crippen LogP contribution in [0.1, 0.15) is 42.0 Å². The van der Waals surface area contributed by atoms with Crippen molar-refractivity contribution >= 4 is 23.5 Å². The molecule has 0 spiro atoms. The molecule has 0 unspecified atom stereocenters. The highest BCUT2D eigenvalue weighted by Gasteiger charge is 2.41. The average molecular weight is 358 g/mol. The van der Waals surface area contributed by atoms with Crippen molar-refractivity contribution < 1.29 is 14.7 Å². The van der Waals surface area contributed by atoms with Crippen molar-refractivity contribution in [3.63, 3.8) is 0 Å². The van der Waals surface area contributed by atoms with Gasteiger partial charge >= 0.3 is 5.97 Å². The monoisotopic (exact) mass is 357 g/mol. The Balaban J connectivity index is 2.25. The Labute approximate surface area is 152 Å². The van der Waals surface area contributed by atoms with Gasteiger partial charge in [0.25, 0.3) is 0 Å². The van der Waals surface area contributed by atoms with Crippen LogP contribution in [0.3, 0.4) is 0 Å². The van der Waals surface area contributed by atoms with Gasteiger partial charge < -0.3 is 10.0 Å². The lowest BCUT2D eigenvalue weighted by Crippen LogP contribution is -2.39. The number of benzene rings is 2. The number of aliphatic carboxylic acids is 1. The number of carboxylic acid groups (broad SMARTS) is 1. The number of hydrogen-bond donors (Lipinski definition) is 1. The molecule has 0 fully saturated rings. The number of hydrogen-bond acceptors (Lipinski definition) is 2. The lowest BCUT2D eigenvalue weighted by Gasteiger charge is -2.34. The number of halogens is 1. The molecular weight excluding hydrogens is 338 g/mol. The molecule has 2 aromatic rings. The van der Waals surface area contributed by atoms with Crippen LogP contribution in [0.4, 0.5) is 0 Å². The van der Waals surface area contributed by atoms with Gasteiger partial charge in [-0.2, -0.15) is 0 Å². The van der Waals surface area contributed by atoms with E-state index in [-0.39, 0.29) is 12.3 Å². The molecule has 5 heteroatoms. The van der Waals surface area contributed by atoms with Crippen molar-refractivity contribution in [2.45, 2.75) is 31.7 Å². The first-order valence-electron chi connectivity index (χ1n) is 8.39. The van der Waals surface area contributed by atoms with Gasteiger partial charge in [-0.3, -0.25) is 9.59 Å². The number of carbonyl (C=O) groups excluding carboxylic acids is 1. The molecule has 0 saturated carbocycles. The summed E-state index contributed by atoms with van der Waals surface area (Å²) >= 11 is 6.39. The summed E-state index contributed by atoms with van der Waals surface area (Å²) in [6.45, 7) is 2.47. The van der Waals surface area contributed by atoms with Crippen molar-refractivity contribution in [3.8, 4) is 0 Å². The van der Waals surface area contributed by atoms with Crippen LogP contribution in [-0.2, 0) is 16.0 Å². The van der Waals surface area contributed by atoms with E-state index < -0.39 is 17.9 Å². The number of carbonyl (C=O) groups is 2. The summed E-state index contributed by atoms with van der Waals surface area (Å²) < 4.78 is 0. The molecule has 130 valence electrons. The number of nitrogens with zero attached hydrogens (tertiary/aromatic N) is 1. The first kappa shape index (κ1) is 17.5. The second-order valence-electron chi connectivity index (χ2n) is 6.24. The molecule has 3 rings (SSSR count). The fourth-order valence-corrected chi connectivity index (χ4v) is 3.85. The maximum Gasteiger partial charge on any atom is 0.313 e. The highest BCUT2D eigenvalue weighted by Crippen LogP contribution is 2.42. The number of rotatable bonds is 4. The van der Waals surface area contributed by atoms with Gasteiger partial charge in [0.15, 0.2) is 0 Å². The molecule has 0 bridgehead atoms. The van der Waals surface area contributed by atoms with E-state index in [0.717, 1.165) is 12.0 Å². The average Bonchev–Trinajstić information content (AvgIpc) is 2.70. The SMILES string of the molecule is CCCN1C(=O)Cc2ccccc2[C@H](C(=O)O)[C@H]1c1ccccc1Cl. The largest absolute Gasteiger partial charge is 0.481 e. The Bertz CT molecular complexity index is 805. The highest BCUT2D eigenvalue weighted by atomic mass is 35.5. The summed E-state index contributed by atoms with van der Waals surface area (Å²) in [6, 6.07) is 13.9. The standard InChI is InChI=1S/C20H20ClNO3/c1-2-11-22-17(23)12-13-7-3-4-8-14(13)18(20(24)25)19(22)15-9-5-6-10-16(15)21/h3-10,18-19H,2,11-12H2,1H3,(H,24,25)/t18-,19+/m0/s1. The maximum absolute atomic E-state index is 12.9. The molecule has 2 aromatic carbocycles. The molecule has 0 saturated heterocycles. The van der Waals surface area contributed by atoms with E-state index in [1.54, 1.807) is 23.1 Å². The van der Waals surface area contributed by atoms with Gasteiger partial charge in [0.1, 0.15) is 5.92 Å². The van der Waals surface area contributed by atoms with Gasteiger partial charge in [-0.05, 0) is 29.2 Å². The third-order valence-corrected chi connectivity index (χ3v) is 5.00. The van der Waals surface area contributed by atoms with Crippen LogP contribution >= 0.6 is 11.6 Å². The minimum Gasteiger partial charge on any atom is -0.481 e. The van der Waals surface area contributed by atoms with Gasteiger partial charge in [0, 0.05) is 11.6 Å². The Morgan fingerprint density at radius 2 is 1.80 bits per heavy atom. The quantitative estimate of drug-likeness (QED) is 0.898. The fourth-order valence-electron chi connectivity index (χ4n) is 3.60. The first-order valence-corrected chi connectivity index (χ1v) is 8.77. The van der Waals surface area contributed by atoms with E-state index in [4.69, 9.17) is 11.6 Å². The molecule has 0 aliphatic carbocycles. The van der Waals surface area contributed by atoms with Crippen molar-refractivity contribution in [1.29, 1.82) is 0 Å². The van der Waals surface area contributed by atoms with Crippen molar-refractivity contribution in [2.24, 2.45) is 0 Å². The molecule has 1 heterocycles. The molecular formula is C20H20ClNO3. The van der Waals surface area contributed by atoms with E-state index >= 15 is 0 Å². The van der Waals surface area contributed by atoms with E-state index in [9.17, 15) is 14.7 Å². The van der Waals surface area contributed by atoms with Crippen LogP contribution in [0.5, 0.6) is 0 Å². The molecule has 1 aliphatic rings. The molecule has 0 aromatic heterocycles. The van der Waals surface area contributed by atoms with Crippen LogP contribution in [0.2, 0.25) is 5.02 Å². The summed E-state index contributed by atoms with van der Waals surface area (Å²) in [7, 11) is 0. The number of amides is 1. The topological polar surface area (TPSA) is 57.6 Å². The van der Waals surface area contributed by atoms with Crippen LogP contribution in [0.15, 0.2) is 48.5 Å². The molecule has 25 heavy (non-hydrogen) atoms.